The Labute approximate surface area is 148 Å². The molecule has 0 radical (unpaired) electrons. The summed E-state index contributed by atoms with van der Waals surface area (Å²) in [7, 11) is 0. The molecule has 0 heterocycles. The van der Waals surface area contributed by atoms with Crippen LogP contribution in [0.15, 0.2) is 24.3 Å². The number of anilines is 1. The third kappa shape index (κ3) is 4.24. The smallest absolute Gasteiger partial charge is 0.319 e. The van der Waals surface area contributed by atoms with E-state index in [4.69, 9.17) is 4.74 Å². The topological polar surface area (TPSA) is 79.5 Å². The number of benzene rings is 1. The Morgan fingerprint density at radius 3 is 2.40 bits per heavy atom. The molecule has 2 aliphatic carbocycles. The van der Waals surface area contributed by atoms with Gasteiger partial charge in [-0.1, -0.05) is 6.42 Å². The number of likely N-dealkylation sites (N-methyl/N-ethyl adjacent to an activating group) is 1. The van der Waals surface area contributed by atoms with Crippen molar-refractivity contribution in [1.29, 1.82) is 0 Å². The van der Waals surface area contributed by atoms with Crippen LogP contribution >= 0.6 is 0 Å². The Hall–Kier alpha value is -2.24. The first-order chi connectivity index (χ1) is 12.1. The van der Waals surface area contributed by atoms with Crippen LogP contribution in [0.5, 0.6) is 5.75 Å². The average Bonchev–Trinajstić information content (AvgIpc) is 2.50. The van der Waals surface area contributed by atoms with E-state index in [-0.39, 0.29) is 24.1 Å². The van der Waals surface area contributed by atoms with Crippen molar-refractivity contribution in [3.05, 3.63) is 24.3 Å². The molecule has 0 bridgehead atoms. The number of nitrogens with one attached hydrogen (secondary N) is 3. The summed E-state index contributed by atoms with van der Waals surface area (Å²) < 4.78 is 5.40. The number of carbonyl (C=O) groups excluding carboxylic acids is 2. The van der Waals surface area contributed by atoms with Gasteiger partial charge in [0, 0.05) is 17.8 Å². The van der Waals surface area contributed by atoms with Gasteiger partial charge in [0.25, 0.3) is 5.91 Å². The van der Waals surface area contributed by atoms with Crippen molar-refractivity contribution in [2.75, 3.05) is 18.5 Å². The third-order valence-electron chi connectivity index (χ3n) is 5.35. The molecule has 2 fully saturated rings. The molecule has 25 heavy (non-hydrogen) atoms. The van der Waals surface area contributed by atoms with Crippen LogP contribution in [0.2, 0.25) is 0 Å². The zero-order chi connectivity index (χ0) is 17.7. The van der Waals surface area contributed by atoms with Crippen molar-refractivity contribution in [1.82, 2.24) is 10.6 Å². The molecule has 136 valence electrons. The van der Waals surface area contributed by atoms with E-state index in [1.54, 1.807) is 24.3 Å². The highest BCUT2D eigenvalue weighted by molar-refractivity contribution is 5.90. The summed E-state index contributed by atoms with van der Waals surface area (Å²) in [5.74, 6) is 1.10. The lowest BCUT2D eigenvalue weighted by Crippen LogP contribution is -2.60. The Morgan fingerprint density at radius 2 is 1.88 bits per heavy atom. The fraction of sp³-hybridized carbons (Fsp3) is 0.579. The number of rotatable bonds is 7. The van der Waals surface area contributed by atoms with Gasteiger partial charge in [-0.2, -0.15) is 0 Å². The standard InChI is InChI=1S/C19H27N3O3/c1-2-20-17(23)13-25-16-9-7-15(8-10-16)21-18(24)22-19(11-4-12-19)14-5-3-6-14/h7-10,14H,2-6,11-13H2,1H3,(H,20,23)(H2,21,22,24). The molecule has 6 nitrogen and oxygen atoms in total. The lowest BCUT2D eigenvalue weighted by Gasteiger charge is -2.51. The minimum atomic E-state index is -0.147. The van der Waals surface area contributed by atoms with Gasteiger partial charge in [-0.15, -0.1) is 0 Å². The van der Waals surface area contributed by atoms with Gasteiger partial charge in [0.05, 0.1) is 0 Å². The van der Waals surface area contributed by atoms with E-state index in [1.165, 1.54) is 25.7 Å². The number of amides is 3. The largest absolute Gasteiger partial charge is 0.484 e. The van der Waals surface area contributed by atoms with Crippen LogP contribution in [0.25, 0.3) is 0 Å². The molecule has 0 saturated heterocycles. The van der Waals surface area contributed by atoms with Gasteiger partial charge in [0.15, 0.2) is 6.61 Å². The molecule has 0 aliphatic heterocycles. The molecule has 0 unspecified atom stereocenters. The zero-order valence-corrected chi connectivity index (χ0v) is 14.8. The van der Waals surface area contributed by atoms with Crippen LogP contribution in [0.4, 0.5) is 10.5 Å². The zero-order valence-electron chi connectivity index (χ0n) is 14.8. The summed E-state index contributed by atoms with van der Waals surface area (Å²) in [5.41, 5.74) is 0.740. The fourth-order valence-electron chi connectivity index (χ4n) is 3.57. The molecule has 1 aromatic carbocycles. The number of carbonyl (C=O) groups is 2. The fourth-order valence-corrected chi connectivity index (χ4v) is 3.57. The van der Waals surface area contributed by atoms with E-state index in [1.807, 2.05) is 6.92 Å². The Bertz CT molecular complexity index is 607. The molecule has 0 atom stereocenters. The van der Waals surface area contributed by atoms with Crippen LogP contribution in [0, 0.1) is 5.92 Å². The van der Waals surface area contributed by atoms with E-state index < -0.39 is 0 Å². The number of urea groups is 1. The highest BCUT2D eigenvalue weighted by Crippen LogP contribution is 2.47. The maximum atomic E-state index is 12.3. The maximum absolute atomic E-state index is 12.3. The van der Waals surface area contributed by atoms with Gasteiger partial charge < -0.3 is 20.7 Å². The molecule has 2 saturated carbocycles. The predicted molar refractivity (Wildman–Crippen MR) is 96.7 cm³/mol. The molecule has 2 aliphatic rings. The monoisotopic (exact) mass is 345 g/mol. The van der Waals surface area contributed by atoms with Crippen LogP contribution < -0.4 is 20.7 Å². The molecule has 6 heteroatoms. The van der Waals surface area contributed by atoms with Crippen LogP contribution in [0.1, 0.15) is 45.4 Å². The first kappa shape index (κ1) is 17.6. The third-order valence-corrected chi connectivity index (χ3v) is 5.35. The van der Waals surface area contributed by atoms with Crippen molar-refractivity contribution in [3.8, 4) is 5.75 Å². The minimum absolute atomic E-state index is 0.00892. The molecule has 0 aromatic heterocycles. The van der Waals surface area contributed by atoms with Crippen molar-refractivity contribution < 1.29 is 14.3 Å². The maximum Gasteiger partial charge on any atom is 0.319 e. The first-order valence-corrected chi connectivity index (χ1v) is 9.20. The minimum Gasteiger partial charge on any atom is -0.484 e. The van der Waals surface area contributed by atoms with E-state index in [0.29, 0.717) is 23.9 Å². The summed E-state index contributed by atoms with van der Waals surface area (Å²) in [5, 5.41) is 8.79. The van der Waals surface area contributed by atoms with Gasteiger partial charge >= 0.3 is 6.03 Å². The normalized spacial score (nSPS) is 18.4. The lowest BCUT2D eigenvalue weighted by molar-refractivity contribution is -0.122. The van der Waals surface area contributed by atoms with Gasteiger partial charge in [-0.05, 0) is 69.2 Å². The SMILES string of the molecule is CCNC(=O)COc1ccc(NC(=O)NC2(C3CCC3)CCC2)cc1. The van der Waals surface area contributed by atoms with Crippen molar-refractivity contribution >= 4 is 17.6 Å². The molecule has 3 rings (SSSR count). The Kier molecular flexibility index (Phi) is 5.46. The van der Waals surface area contributed by atoms with E-state index in [9.17, 15) is 9.59 Å². The summed E-state index contributed by atoms with van der Waals surface area (Å²) in [4.78, 5) is 23.7. The molecule has 1 aromatic rings. The summed E-state index contributed by atoms with van der Waals surface area (Å²) in [6.45, 7) is 2.44. The van der Waals surface area contributed by atoms with E-state index >= 15 is 0 Å². The van der Waals surface area contributed by atoms with Crippen molar-refractivity contribution in [2.24, 2.45) is 5.92 Å². The van der Waals surface area contributed by atoms with Crippen LogP contribution in [-0.2, 0) is 4.79 Å². The van der Waals surface area contributed by atoms with Gasteiger partial charge in [-0.3, -0.25) is 4.79 Å². The Balaban J connectivity index is 1.47. The summed E-state index contributed by atoms with van der Waals surface area (Å²) in [6, 6.07) is 6.93. The second kappa shape index (κ2) is 7.76. The molecular weight excluding hydrogens is 318 g/mol. The number of hydrogen-bond donors (Lipinski definition) is 3. The second-order valence-corrected chi connectivity index (χ2v) is 6.98. The highest BCUT2D eigenvalue weighted by Gasteiger charge is 2.47. The van der Waals surface area contributed by atoms with E-state index in [0.717, 1.165) is 12.8 Å². The van der Waals surface area contributed by atoms with Crippen LogP contribution in [0.3, 0.4) is 0 Å². The number of ether oxygens (including phenoxy) is 1. The summed E-state index contributed by atoms with van der Waals surface area (Å²) in [6.07, 6.45) is 7.15. The van der Waals surface area contributed by atoms with Crippen LogP contribution in [-0.4, -0.2) is 30.6 Å². The molecular formula is C19H27N3O3. The summed E-state index contributed by atoms with van der Waals surface area (Å²) >= 11 is 0. The van der Waals surface area contributed by atoms with Gasteiger partial charge in [-0.25, -0.2) is 4.79 Å². The molecule has 3 amide bonds. The van der Waals surface area contributed by atoms with Crippen molar-refractivity contribution in [3.63, 3.8) is 0 Å². The molecule has 3 N–H and O–H groups in total. The Morgan fingerprint density at radius 1 is 1.16 bits per heavy atom. The highest BCUT2D eigenvalue weighted by atomic mass is 16.5. The lowest BCUT2D eigenvalue weighted by atomic mass is 9.61. The molecule has 0 spiro atoms. The number of hydrogen-bond acceptors (Lipinski definition) is 3. The average molecular weight is 345 g/mol. The first-order valence-electron chi connectivity index (χ1n) is 9.20. The van der Waals surface area contributed by atoms with Crippen molar-refractivity contribution in [2.45, 2.75) is 51.0 Å². The predicted octanol–water partition coefficient (Wildman–Crippen LogP) is 3.05. The quantitative estimate of drug-likeness (QED) is 0.710. The van der Waals surface area contributed by atoms with Gasteiger partial charge in [0.2, 0.25) is 0 Å². The van der Waals surface area contributed by atoms with E-state index in [2.05, 4.69) is 16.0 Å². The second-order valence-electron chi connectivity index (χ2n) is 6.98. The van der Waals surface area contributed by atoms with Gasteiger partial charge in [0.1, 0.15) is 5.75 Å².